The normalized spacial score (nSPS) is 18.2. The topological polar surface area (TPSA) is 58.1 Å². The second-order valence-electron chi connectivity index (χ2n) is 7.29. The maximum absolute atomic E-state index is 11.8. The van der Waals surface area contributed by atoms with Crippen molar-refractivity contribution in [3.63, 3.8) is 0 Å². The molecule has 0 bridgehead atoms. The van der Waals surface area contributed by atoms with Crippen molar-refractivity contribution in [1.82, 2.24) is 10.2 Å². The number of hydrogen-bond acceptors (Lipinski definition) is 4. The molecule has 1 aliphatic carbocycles. The van der Waals surface area contributed by atoms with E-state index in [0.29, 0.717) is 0 Å². The van der Waals surface area contributed by atoms with E-state index in [1.54, 1.807) is 0 Å². The summed E-state index contributed by atoms with van der Waals surface area (Å²) in [7, 11) is 0. The molecular formula is C20H24N4O. The second kappa shape index (κ2) is 6.82. The molecule has 4 rings (SSSR count). The van der Waals surface area contributed by atoms with Crippen molar-refractivity contribution in [2.45, 2.75) is 32.6 Å². The first-order valence-electron chi connectivity index (χ1n) is 9.19. The Balaban J connectivity index is 1.42. The first kappa shape index (κ1) is 16.1. The van der Waals surface area contributed by atoms with E-state index in [1.807, 2.05) is 30.3 Å². The highest BCUT2D eigenvalue weighted by atomic mass is 16.2. The Hall–Kier alpha value is -2.43. The molecule has 1 aromatic heterocycles. The molecule has 1 N–H and O–H groups in total. The van der Waals surface area contributed by atoms with E-state index in [9.17, 15) is 4.79 Å². The fourth-order valence-corrected chi connectivity index (χ4v) is 3.20. The molecule has 2 heterocycles. The average Bonchev–Trinajstić information content (AvgIpc) is 3.49. The Morgan fingerprint density at radius 1 is 1.00 bits per heavy atom. The van der Waals surface area contributed by atoms with Crippen LogP contribution in [0.5, 0.6) is 0 Å². The largest absolute Gasteiger partial charge is 0.355 e. The first-order chi connectivity index (χ1) is 12.2. The average molecular weight is 336 g/mol. The van der Waals surface area contributed by atoms with Gasteiger partial charge in [0, 0.05) is 30.3 Å². The van der Waals surface area contributed by atoms with Gasteiger partial charge in [0.05, 0.1) is 5.69 Å². The summed E-state index contributed by atoms with van der Waals surface area (Å²) in [5.74, 6) is 2.12. The monoisotopic (exact) mass is 336 g/mol. The third-order valence-corrected chi connectivity index (χ3v) is 5.15. The van der Waals surface area contributed by atoms with Crippen LogP contribution >= 0.6 is 0 Å². The van der Waals surface area contributed by atoms with Crippen LogP contribution in [0.25, 0.3) is 11.3 Å². The highest BCUT2D eigenvalue weighted by Crippen LogP contribution is 2.30. The zero-order valence-corrected chi connectivity index (χ0v) is 14.6. The van der Waals surface area contributed by atoms with Crippen molar-refractivity contribution in [2.75, 3.05) is 23.3 Å². The number of nitrogens with one attached hydrogen (secondary N) is 1. The number of nitrogens with zero attached hydrogens (tertiary/aromatic N) is 3. The molecule has 2 fully saturated rings. The number of anilines is 2. The fourth-order valence-electron chi connectivity index (χ4n) is 3.20. The molecule has 1 saturated carbocycles. The summed E-state index contributed by atoms with van der Waals surface area (Å²) in [6, 6.07) is 11.9. The summed E-state index contributed by atoms with van der Waals surface area (Å²) < 4.78 is 0. The van der Waals surface area contributed by atoms with Crippen molar-refractivity contribution in [1.29, 1.82) is 0 Å². The minimum absolute atomic E-state index is 0.132. The van der Waals surface area contributed by atoms with Gasteiger partial charge in [0.2, 0.25) is 5.91 Å². The molecule has 0 spiro atoms. The van der Waals surface area contributed by atoms with E-state index in [1.165, 1.54) is 12.8 Å². The summed E-state index contributed by atoms with van der Waals surface area (Å²) in [4.78, 5) is 14.1. The molecule has 1 amide bonds. The lowest BCUT2D eigenvalue weighted by atomic mass is 9.99. The molecule has 130 valence electrons. The summed E-state index contributed by atoms with van der Waals surface area (Å²) in [5.41, 5.74) is 2.71. The number of aromatic nitrogens is 2. The zero-order chi connectivity index (χ0) is 17.2. The van der Waals surface area contributed by atoms with Gasteiger partial charge in [-0.25, -0.2) is 0 Å². The number of hydrogen-bond donors (Lipinski definition) is 1. The summed E-state index contributed by atoms with van der Waals surface area (Å²) in [5, 5.41) is 11.8. The highest BCUT2D eigenvalue weighted by molar-refractivity contribution is 5.94. The maximum atomic E-state index is 11.8. The van der Waals surface area contributed by atoms with Crippen molar-refractivity contribution in [3.8, 4) is 11.3 Å². The Labute approximate surface area is 148 Å². The predicted octanol–water partition coefficient (Wildman–Crippen LogP) is 3.73. The molecule has 1 aliphatic heterocycles. The number of carbonyl (C=O) groups excluding carboxylic acids is 1. The van der Waals surface area contributed by atoms with E-state index < -0.39 is 0 Å². The van der Waals surface area contributed by atoms with Gasteiger partial charge in [0.1, 0.15) is 0 Å². The number of benzene rings is 1. The molecule has 1 saturated heterocycles. The molecule has 0 radical (unpaired) electrons. The molecule has 25 heavy (non-hydrogen) atoms. The van der Waals surface area contributed by atoms with Gasteiger partial charge in [-0.3, -0.25) is 4.79 Å². The van der Waals surface area contributed by atoms with Crippen LogP contribution in [0.1, 0.15) is 32.6 Å². The van der Waals surface area contributed by atoms with Gasteiger partial charge in [-0.05, 0) is 55.9 Å². The van der Waals surface area contributed by atoms with Crippen LogP contribution in [-0.4, -0.2) is 29.2 Å². The summed E-state index contributed by atoms with van der Waals surface area (Å²) in [6.07, 6.45) is 4.47. The van der Waals surface area contributed by atoms with E-state index in [2.05, 4.69) is 33.4 Å². The van der Waals surface area contributed by atoms with Gasteiger partial charge in [-0.1, -0.05) is 19.1 Å². The third kappa shape index (κ3) is 3.81. The van der Waals surface area contributed by atoms with Crippen LogP contribution in [0.15, 0.2) is 36.4 Å². The van der Waals surface area contributed by atoms with Crippen LogP contribution in [0.3, 0.4) is 0 Å². The smallest absolute Gasteiger partial charge is 0.227 e. The quantitative estimate of drug-likeness (QED) is 0.924. The van der Waals surface area contributed by atoms with Crippen molar-refractivity contribution < 1.29 is 4.79 Å². The van der Waals surface area contributed by atoms with Crippen molar-refractivity contribution in [3.05, 3.63) is 36.4 Å². The van der Waals surface area contributed by atoms with Gasteiger partial charge < -0.3 is 10.2 Å². The van der Waals surface area contributed by atoms with E-state index in [4.69, 9.17) is 0 Å². The Morgan fingerprint density at radius 2 is 1.72 bits per heavy atom. The van der Waals surface area contributed by atoms with E-state index >= 15 is 0 Å². The van der Waals surface area contributed by atoms with E-state index in [0.717, 1.165) is 54.6 Å². The standard InChI is InChI=1S/C20H24N4O/c1-14-10-12-24(13-11-14)19-9-8-18(22-23-19)15-4-6-17(7-5-15)21-20(25)16-2-3-16/h4-9,14,16H,2-3,10-13H2,1H3,(H,21,25). The molecule has 2 aromatic rings. The van der Waals surface area contributed by atoms with Gasteiger partial charge in [-0.15, -0.1) is 10.2 Å². The van der Waals surface area contributed by atoms with Gasteiger partial charge in [0.25, 0.3) is 0 Å². The Kier molecular flexibility index (Phi) is 4.38. The molecule has 5 heteroatoms. The molecular weight excluding hydrogens is 312 g/mol. The van der Waals surface area contributed by atoms with Gasteiger partial charge >= 0.3 is 0 Å². The lowest BCUT2D eigenvalue weighted by molar-refractivity contribution is -0.117. The lowest BCUT2D eigenvalue weighted by Crippen LogP contribution is -2.33. The summed E-state index contributed by atoms with van der Waals surface area (Å²) >= 11 is 0. The number of amides is 1. The number of piperidine rings is 1. The van der Waals surface area contributed by atoms with Crippen LogP contribution in [0.4, 0.5) is 11.5 Å². The Morgan fingerprint density at radius 3 is 2.32 bits per heavy atom. The fraction of sp³-hybridized carbons (Fsp3) is 0.450. The molecule has 5 nitrogen and oxygen atoms in total. The van der Waals surface area contributed by atoms with Crippen LogP contribution < -0.4 is 10.2 Å². The molecule has 1 aromatic carbocycles. The highest BCUT2D eigenvalue weighted by Gasteiger charge is 2.29. The van der Waals surface area contributed by atoms with E-state index in [-0.39, 0.29) is 11.8 Å². The maximum Gasteiger partial charge on any atom is 0.227 e. The second-order valence-corrected chi connectivity index (χ2v) is 7.29. The third-order valence-electron chi connectivity index (χ3n) is 5.15. The molecule has 0 unspecified atom stereocenters. The number of rotatable bonds is 4. The Bertz CT molecular complexity index is 729. The predicted molar refractivity (Wildman–Crippen MR) is 99.4 cm³/mol. The SMILES string of the molecule is CC1CCN(c2ccc(-c3ccc(NC(=O)C4CC4)cc3)nn2)CC1. The minimum Gasteiger partial charge on any atom is -0.355 e. The first-order valence-corrected chi connectivity index (χ1v) is 9.19. The molecule has 2 aliphatic rings. The minimum atomic E-state index is 0.132. The van der Waals surface area contributed by atoms with Gasteiger partial charge in [-0.2, -0.15) is 0 Å². The van der Waals surface area contributed by atoms with Crippen molar-refractivity contribution >= 4 is 17.4 Å². The zero-order valence-electron chi connectivity index (χ0n) is 14.6. The lowest BCUT2D eigenvalue weighted by Gasteiger charge is -2.30. The van der Waals surface area contributed by atoms with Crippen LogP contribution in [0.2, 0.25) is 0 Å². The molecule has 0 atom stereocenters. The van der Waals surface area contributed by atoms with Crippen LogP contribution in [-0.2, 0) is 4.79 Å². The van der Waals surface area contributed by atoms with Gasteiger partial charge in [0.15, 0.2) is 5.82 Å². The van der Waals surface area contributed by atoms with Crippen molar-refractivity contribution in [2.24, 2.45) is 11.8 Å². The summed E-state index contributed by atoms with van der Waals surface area (Å²) in [6.45, 7) is 4.43. The number of carbonyl (C=O) groups is 1. The van der Waals surface area contributed by atoms with Crippen LogP contribution in [0, 0.1) is 11.8 Å².